The second-order valence-corrected chi connectivity index (χ2v) is 17.1. The fourth-order valence-electron chi connectivity index (χ4n) is 8.28. The number of carboxylic acids is 1. The topological polar surface area (TPSA) is 252 Å². The lowest BCUT2D eigenvalue weighted by atomic mass is 10.0. The van der Waals surface area contributed by atoms with E-state index in [-0.39, 0.29) is 54.4 Å². The predicted molar refractivity (Wildman–Crippen MR) is 274 cm³/mol. The summed E-state index contributed by atoms with van der Waals surface area (Å²) >= 11 is 0. The second kappa shape index (κ2) is 22.4. The van der Waals surface area contributed by atoms with Gasteiger partial charge in [-0.15, -0.1) is 0 Å². The zero-order valence-electron chi connectivity index (χ0n) is 40.3. The quantitative estimate of drug-likeness (QED) is 0.0597. The smallest absolute Gasteiger partial charge is 0.354 e. The van der Waals surface area contributed by atoms with E-state index >= 15 is 0 Å². The number of aromatic carboxylic acids is 1. The van der Waals surface area contributed by atoms with Crippen LogP contribution in [0.5, 0.6) is 0 Å². The molecule has 22 heteroatoms. The van der Waals surface area contributed by atoms with Crippen LogP contribution in [-0.4, -0.2) is 74.9 Å². The average Bonchev–Trinajstić information content (AvgIpc) is 4.09. The van der Waals surface area contributed by atoms with E-state index in [1.165, 1.54) is 71.0 Å². The minimum Gasteiger partial charge on any atom is -0.477 e. The van der Waals surface area contributed by atoms with Crippen LogP contribution in [0.15, 0.2) is 156 Å². The lowest BCUT2D eigenvalue weighted by Crippen LogP contribution is -2.33. The number of aromatic amines is 2. The van der Waals surface area contributed by atoms with Crippen LogP contribution in [0.25, 0.3) is 44.3 Å². The Morgan fingerprint density at radius 1 is 0.558 bits per heavy atom. The summed E-state index contributed by atoms with van der Waals surface area (Å²) in [7, 11) is 1.49. The number of pyridine rings is 6. The van der Waals surface area contributed by atoms with Crippen LogP contribution in [0.2, 0.25) is 0 Å². The number of hydrogen-bond acceptors (Lipinski definition) is 10. The van der Waals surface area contributed by atoms with Gasteiger partial charge in [-0.2, -0.15) is 0 Å². The van der Waals surface area contributed by atoms with Crippen molar-refractivity contribution in [3.8, 4) is 22.3 Å². The number of nitrogens with zero attached hydrogens (tertiary/aromatic N) is 6. The number of amides is 3. The molecule has 386 valence electrons. The Morgan fingerprint density at radius 2 is 1.01 bits per heavy atom. The summed E-state index contributed by atoms with van der Waals surface area (Å²) in [5, 5.41) is 19.0. The Bertz CT molecular complexity index is 4060. The number of benzene rings is 2. The molecule has 18 nitrogen and oxygen atoms in total. The van der Waals surface area contributed by atoms with Gasteiger partial charge >= 0.3 is 5.97 Å². The first kappa shape index (κ1) is 51.5. The van der Waals surface area contributed by atoms with Crippen molar-refractivity contribution in [1.29, 1.82) is 0 Å². The molecule has 0 fully saturated rings. The molecular formula is C55H41F4N11O7. The Morgan fingerprint density at radius 3 is 1.45 bits per heavy atom. The van der Waals surface area contributed by atoms with E-state index < -0.39 is 58.1 Å². The molecule has 0 aliphatic rings. The first-order valence-electron chi connectivity index (χ1n) is 23.3. The van der Waals surface area contributed by atoms with E-state index in [2.05, 4.69) is 45.9 Å². The van der Waals surface area contributed by atoms with Gasteiger partial charge < -0.3 is 40.2 Å². The molecule has 0 atom stereocenters. The summed E-state index contributed by atoms with van der Waals surface area (Å²) in [5.41, 5.74) is 3.89. The third-order valence-corrected chi connectivity index (χ3v) is 12.0. The molecule has 0 unspecified atom stereocenters. The third-order valence-electron chi connectivity index (χ3n) is 12.0. The predicted octanol–water partition coefficient (Wildman–Crippen LogP) is 7.14. The lowest BCUT2D eigenvalue weighted by molar-refractivity contribution is 0.0689. The number of fused-ring (bicyclic) bond motifs is 2. The van der Waals surface area contributed by atoms with Gasteiger partial charge in [0.15, 0.2) is 23.3 Å². The maximum absolute atomic E-state index is 13.6. The molecule has 8 aromatic heterocycles. The van der Waals surface area contributed by atoms with Crippen molar-refractivity contribution in [3.63, 3.8) is 0 Å². The van der Waals surface area contributed by atoms with Gasteiger partial charge in [-0.25, -0.2) is 42.3 Å². The molecule has 0 aliphatic carbocycles. The molecule has 0 saturated carbocycles. The second-order valence-electron chi connectivity index (χ2n) is 17.1. The highest BCUT2D eigenvalue weighted by atomic mass is 19.2. The zero-order chi connectivity index (χ0) is 54.3. The van der Waals surface area contributed by atoms with Gasteiger partial charge in [0, 0.05) is 66.1 Å². The lowest BCUT2D eigenvalue weighted by Gasteiger charge is -2.11. The maximum Gasteiger partial charge on any atom is 0.354 e. The highest BCUT2D eigenvalue weighted by Gasteiger charge is 2.19. The normalized spacial score (nSPS) is 11.0. The number of rotatable bonds is 14. The van der Waals surface area contributed by atoms with E-state index in [1.807, 2.05) is 12.1 Å². The Balaban J connectivity index is 0.000000188. The standard InChI is InChI=1S/C28H22F2N6O3.C27H19F2N5O4/c1-31-27(38)24-12-17(21-14-33-25-19(21)4-2-8-32-25)11-18(35-24)13-34-26(37)20-5-3-9-36(28(20)39)15-16-6-7-22(29)23(30)10-16;28-21-6-5-15(9-22(21)29)14-34-8-2-4-19(26(34)36)25(35)32-12-17-10-16(11-23(33-17)27(37)38)20-13-31-24-18(20)3-1-7-30-24/h2-12,14H,13,15H2,1H3,(H,31,38)(H,32,33)(H,34,37);1-11,13H,12,14H2,(H,30,31)(H,32,35)(H,37,38). The number of carbonyl (C=O) groups excluding carboxylic acids is 3. The van der Waals surface area contributed by atoms with Crippen molar-refractivity contribution in [2.75, 3.05) is 7.05 Å². The van der Waals surface area contributed by atoms with Crippen LogP contribution < -0.4 is 27.1 Å². The van der Waals surface area contributed by atoms with Crippen LogP contribution in [0.3, 0.4) is 0 Å². The first-order chi connectivity index (χ1) is 37.1. The molecule has 6 N–H and O–H groups in total. The van der Waals surface area contributed by atoms with Gasteiger partial charge in [-0.05, 0) is 119 Å². The molecule has 8 heterocycles. The molecule has 77 heavy (non-hydrogen) atoms. The molecule has 0 radical (unpaired) electrons. The molecule has 3 amide bonds. The number of hydrogen-bond donors (Lipinski definition) is 6. The monoisotopic (exact) mass is 1040 g/mol. The molecule has 0 saturated heterocycles. The minimum atomic E-state index is -1.24. The van der Waals surface area contributed by atoms with E-state index in [1.54, 1.807) is 55.1 Å². The van der Waals surface area contributed by atoms with Crippen molar-refractivity contribution in [1.82, 2.24) is 55.0 Å². The summed E-state index contributed by atoms with van der Waals surface area (Å²) in [6, 6.07) is 26.1. The van der Waals surface area contributed by atoms with Gasteiger partial charge in [0.25, 0.3) is 28.8 Å². The number of nitrogens with one attached hydrogen (secondary N) is 5. The minimum absolute atomic E-state index is 0.0459. The Labute approximate surface area is 432 Å². The van der Waals surface area contributed by atoms with E-state index in [0.29, 0.717) is 44.8 Å². The van der Waals surface area contributed by atoms with Gasteiger partial charge in [0.05, 0.1) is 37.6 Å². The third kappa shape index (κ3) is 11.6. The largest absolute Gasteiger partial charge is 0.477 e. The molecular weight excluding hydrogens is 1000 g/mol. The highest BCUT2D eigenvalue weighted by Crippen LogP contribution is 2.30. The van der Waals surface area contributed by atoms with E-state index in [4.69, 9.17) is 0 Å². The number of halogens is 4. The van der Waals surface area contributed by atoms with Crippen molar-refractivity contribution in [2.24, 2.45) is 0 Å². The van der Waals surface area contributed by atoms with Crippen LogP contribution >= 0.6 is 0 Å². The first-order valence-corrected chi connectivity index (χ1v) is 23.3. The van der Waals surface area contributed by atoms with Gasteiger partial charge in [-0.3, -0.25) is 24.0 Å². The van der Waals surface area contributed by atoms with Crippen molar-refractivity contribution < 1.29 is 41.8 Å². The Hall–Kier alpha value is -10.4. The van der Waals surface area contributed by atoms with Gasteiger partial charge in [-0.1, -0.05) is 12.1 Å². The molecule has 10 rings (SSSR count). The zero-order valence-corrected chi connectivity index (χ0v) is 40.3. The molecule has 0 bridgehead atoms. The highest BCUT2D eigenvalue weighted by molar-refractivity contribution is 5.98. The molecule has 2 aromatic carbocycles. The van der Waals surface area contributed by atoms with Gasteiger partial charge in [0.1, 0.15) is 33.8 Å². The number of aromatic nitrogens is 8. The van der Waals surface area contributed by atoms with Crippen molar-refractivity contribution in [2.45, 2.75) is 26.2 Å². The number of carboxylic acid groups (broad SMARTS) is 1. The van der Waals surface area contributed by atoms with E-state index in [9.17, 15) is 51.4 Å². The van der Waals surface area contributed by atoms with Gasteiger partial charge in [0.2, 0.25) is 0 Å². The van der Waals surface area contributed by atoms with Crippen LogP contribution in [-0.2, 0) is 26.2 Å². The summed E-state index contributed by atoms with van der Waals surface area (Å²) in [4.78, 5) is 98.9. The molecule has 0 spiro atoms. The van der Waals surface area contributed by atoms with Crippen LogP contribution in [0.4, 0.5) is 17.6 Å². The summed E-state index contributed by atoms with van der Waals surface area (Å²) in [6.45, 7) is -0.322. The van der Waals surface area contributed by atoms with Crippen LogP contribution in [0.1, 0.15) is 64.2 Å². The summed E-state index contributed by atoms with van der Waals surface area (Å²) in [5.74, 6) is -7.03. The fourth-order valence-corrected chi connectivity index (χ4v) is 8.28. The molecule has 0 aliphatic heterocycles. The SMILES string of the molecule is CNC(=O)c1cc(-c2c[nH]c3ncccc23)cc(CNC(=O)c2cccn(Cc3ccc(F)c(F)c3)c2=O)n1.O=C(O)c1cc(-c2c[nH]c3ncccc23)cc(CNC(=O)c2cccn(Cc3ccc(F)c(F)c3)c2=O)n1. The maximum atomic E-state index is 13.6. The number of carbonyl (C=O) groups is 4. The average molecular weight is 1040 g/mol. The Kier molecular flexibility index (Phi) is 15.0. The van der Waals surface area contributed by atoms with Crippen LogP contribution in [0, 0.1) is 23.3 Å². The van der Waals surface area contributed by atoms with E-state index in [0.717, 1.165) is 40.6 Å². The fraction of sp³-hybridized carbons (Fsp3) is 0.0909. The molecule has 10 aromatic rings. The summed E-state index contributed by atoms with van der Waals surface area (Å²) < 4.78 is 56.0. The van der Waals surface area contributed by atoms with Crippen molar-refractivity contribution >= 4 is 45.8 Å². The summed E-state index contributed by atoms with van der Waals surface area (Å²) in [6.07, 6.45) is 9.68. The number of H-pyrrole nitrogens is 2. The van der Waals surface area contributed by atoms with Crippen molar-refractivity contribution in [3.05, 3.63) is 235 Å².